The molecule has 0 bridgehead atoms. The summed E-state index contributed by atoms with van der Waals surface area (Å²) in [5, 5.41) is 5.54. The predicted molar refractivity (Wildman–Crippen MR) is 95.2 cm³/mol. The number of carbonyl (C=O) groups excluding carboxylic acids is 2. The first-order valence-corrected chi connectivity index (χ1v) is 8.08. The molecule has 2 aromatic rings. The topological polar surface area (TPSA) is 76.7 Å². The molecule has 6 heteroatoms. The summed E-state index contributed by atoms with van der Waals surface area (Å²) < 4.78 is 11.1. The molecule has 0 saturated carbocycles. The number of nitrogens with one attached hydrogen (secondary N) is 2. The number of rotatable bonds is 4. The van der Waals surface area contributed by atoms with Crippen molar-refractivity contribution in [2.75, 3.05) is 23.8 Å². The molecule has 0 fully saturated rings. The van der Waals surface area contributed by atoms with E-state index >= 15 is 0 Å². The lowest BCUT2D eigenvalue weighted by atomic mass is 10.0. The maximum Gasteiger partial charge on any atom is 0.228 e. The van der Waals surface area contributed by atoms with E-state index in [1.807, 2.05) is 19.1 Å². The molecule has 2 amide bonds. The number of aryl methyl sites for hydroxylation is 1. The normalized spacial score (nSPS) is 12.4. The largest absolute Gasteiger partial charge is 0.486 e. The number of hydrogen-bond acceptors (Lipinski definition) is 4. The highest BCUT2D eigenvalue weighted by atomic mass is 16.6. The van der Waals surface area contributed by atoms with Gasteiger partial charge in [0.05, 0.1) is 6.42 Å². The fourth-order valence-corrected chi connectivity index (χ4v) is 2.64. The quantitative estimate of drug-likeness (QED) is 0.897. The van der Waals surface area contributed by atoms with Gasteiger partial charge in [0, 0.05) is 18.3 Å². The van der Waals surface area contributed by atoms with Gasteiger partial charge in [-0.25, -0.2) is 0 Å². The molecular formula is C19H20N2O4. The average molecular weight is 340 g/mol. The van der Waals surface area contributed by atoms with E-state index < -0.39 is 0 Å². The summed E-state index contributed by atoms with van der Waals surface area (Å²) in [7, 11) is 0. The third-order valence-electron chi connectivity index (χ3n) is 3.84. The van der Waals surface area contributed by atoms with Crippen LogP contribution in [0.4, 0.5) is 11.4 Å². The minimum absolute atomic E-state index is 0.118. The SMILES string of the molecule is CC(=O)Nc1ccc(NC(=O)Cc2cc3c(cc2C)OCCO3)cc1. The number of benzene rings is 2. The molecule has 0 spiro atoms. The van der Waals surface area contributed by atoms with Crippen LogP contribution in [0.5, 0.6) is 11.5 Å². The van der Waals surface area contributed by atoms with E-state index in [4.69, 9.17) is 9.47 Å². The molecule has 6 nitrogen and oxygen atoms in total. The second kappa shape index (κ2) is 7.25. The van der Waals surface area contributed by atoms with Crippen LogP contribution in [0.2, 0.25) is 0 Å². The van der Waals surface area contributed by atoms with Gasteiger partial charge in [-0.1, -0.05) is 0 Å². The monoisotopic (exact) mass is 340 g/mol. The Kier molecular flexibility index (Phi) is 4.88. The van der Waals surface area contributed by atoms with Crippen molar-refractivity contribution in [2.24, 2.45) is 0 Å². The molecule has 1 aliphatic heterocycles. The van der Waals surface area contributed by atoms with Crippen LogP contribution in [0.25, 0.3) is 0 Å². The molecule has 0 unspecified atom stereocenters. The second-order valence-electron chi connectivity index (χ2n) is 5.91. The van der Waals surface area contributed by atoms with Crippen molar-refractivity contribution in [3.8, 4) is 11.5 Å². The Morgan fingerprint density at radius 3 is 2.12 bits per heavy atom. The Balaban J connectivity index is 1.65. The van der Waals surface area contributed by atoms with E-state index in [0.29, 0.717) is 30.3 Å². The van der Waals surface area contributed by atoms with Crippen molar-refractivity contribution in [1.29, 1.82) is 0 Å². The van der Waals surface area contributed by atoms with Crippen LogP contribution in [0.1, 0.15) is 18.1 Å². The fourth-order valence-electron chi connectivity index (χ4n) is 2.64. The van der Waals surface area contributed by atoms with Crippen LogP contribution >= 0.6 is 0 Å². The molecule has 1 aliphatic rings. The van der Waals surface area contributed by atoms with Crippen molar-refractivity contribution in [2.45, 2.75) is 20.3 Å². The lowest BCUT2D eigenvalue weighted by Gasteiger charge is -2.20. The second-order valence-corrected chi connectivity index (χ2v) is 5.91. The first-order valence-electron chi connectivity index (χ1n) is 8.08. The Labute approximate surface area is 146 Å². The van der Waals surface area contributed by atoms with Gasteiger partial charge in [-0.2, -0.15) is 0 Å². The van der Waals surface area contributed by atoms with Gasteiger partial charge in [-0.3, -0.25) is 9.59 Å². The molecule has 3 rings (SSSR count). The number of ether oxygens (including phenoxy) is 2. The average Bonchev–Trinajstić information content (AvgIpc) is 2.57. The molecule has 0 aromatic heterocycles. The van der Waals surface area contributed by atoms with Crippen molar-refractivity contribution < 1.29 is 19.1 Å². The van der Waals surface area contributed by atoms with Gasteiger partial charge in [-0.05, 0) is 54.4 Å². The number of amides is 2. The number of carbonyl (C=O) groups is 2. The highest BCUT2D eigenvalue weighted by Gasteiger charge is 2.16. The fraction of sp³-hybridized carbons (Fsp3) is 0.263. The van der Waals surface area contributed by atoms with Crippen molar-refractivity contribution >= 4 is 23.2 Å². The zero-order valence-corrected chi connectivity index (χ0v) is 14.2. The summed E-state index contributed by atoms with van der Waals surface area (Å²) >= 11 is 0. The highest BCUT2D eigenvalue weighted by molar-refractivity contribution is 5.93. The molecule has 1 heterocycles. The summed E-state index contributed by atoms with van der Waals surface area (Å²) in [6, 6.07) is 10.8. The smallest absolute Gasteiger partial charge is 0.228 e. The Morgan fingerprint density at radius 1 is 0.960 bits per heavy atom. The maximum absolute atomic E-state index is 12.3. The maximum atomic E-state index is 12.3. The zero-order chi connectivity index (χ0) is 17.8. The van der Waals surface area contributed by atoms with E-state index in [1.54, 1.807) is 24.3 Å². The highest BCUT2D eigenvalue weighted by Crippen LogP contribution is 2.33. The van der Waals surface area contributed by atoms with Gasteiger partial charge >= 0.3 is 0 Å². The van der Waals surface area contributed by atoms with Crippen LogP contribution in [0.3, 0.4) is 0 Å². The van der Waals surface area contributed by atoms with Crippen molar-refractivity contribution in [3.05, 3.63) is 47.5 Å². The van der Waals surface area contributed by atoms with E-state index in [0.717, 1.165) is 16.9 Å². The predicted octanol–water partition coefficient (Wildman–Crippen LogP) is 2.91. The van der Waals surface area contributed by atoms with Crippen LogP contribution in [0, 0.1) is 6.92 Å². The Hall–Kier alpha value is -3.02. The molecule has 0 aliphatic carbocycles. The molecule has 0 saturated heterocycles. The molecule has 130 valence electrons. The molecule has 2 aromatic carbocycles. The van der Waals surface area contributed by atoms with Gasteiger partial charge in [0.1, 0.15) is 13.2 Å². The summed E-state index contributed by atoms with van der Waals surface area (Å²) in [5.41, 5.74) is 3.25. The molecular weight excluding hydrogens is 320 g/mol. The summed E-state index contributed by atoms with van der Waals surface area (Å²) in [5.74, 6) is 1.15. The third-order valence-corrected chi connectivity index (χ3v) is 3.84. The summed E-state index contributed by atoms with van der Waals surface area (Å²) in [6.45, 7) is 4.46. The van der Waals surface area contributed by atoms with Crippen molar-refractivity contribution in [3.63, 3.8) is 0 Å². The van der Waals surface area contributed by atoms with Gasteiger partial charge in [0.25, 0.3) is 0 Å². The van der Waals surface area contributed by atoms with Crippen LogP contribution in [0.15, 0.2) is 36.4 Å². The first-order chi connectivity index (χ1) is 12.0. The minimum atomic E-state index is -0.133. The lowest BCUT2D eigenvalue weighted by Crippen LogP contribution is -2.18. The lowest BCUT2D eigenvalue weighted by molar-refractivity contribution is -0.116. The minimum Gasteiger partial charge on any atom is -0.486 e. The molecule has 2 N–H and O–H groups in total. The van der Waals surface area contributed by atoms with E-state index in [9.17, 15) is 9.59 Å². The Bertz CT molecular complexity index is 800. The van der Waals surface area contributed by atoms with Crippen LogP contribution in [-0.2, 0) is 16.0 Å². The third kappa shape index (κ3) is 4.29. The van der Waals surface area contributed by atoms with E-state index in [-0.39, 0.29) is 18.2 Å². The number of hydrogen-bond donors (Lipinski definition) is 2. The molecule has 25 heavy (non-hydrogen) atoms. The first kappa shape index (κ1) is 16.8. The Morgan fingerprint density at radius 2 is 1.52 bits per heavy atom. The summed E-state index contributed by atoms with van der Waals surface area (Å²) in [6.07, 6.45) is 0.246. The number of anilines is 2. The van der Waals surface area contributed by atoms with Gasteiger partial charge in [0.2, 0.25) is 11.8 Å². The van der Waals surface area contributed by atoms with E-state index in [1.165, 1.54) is 6.92 Å². The van der Waals surface area contributed by atoms with Gasteiger partial charge in [-0.15, -0.1) is 0 Å². The standard InChI is InChI=1S/C19H20N2O4/c1-12-9-17-18(25-8-7-24-17)10-14(12)11-19(23)21-16-5-3-15(4-6-16)20-13(2)22/h3-6,9-10H,7-8,11H2,1-2H3,(H,20,22)(H,21,23). The number of fused-ring (bicyclic) bond motifs is 1. The summed E-state index contributed by atoms with van der Waals surface area (Å²) in [4.78, 5) is 23.3. The van der Waals surface area contributed by atoms with E-state index in [2.05, 4.69) is 10.6 Å². The van der Waals surface area contributed by atoms with Gasteiger partial charge < -0.3 is 20.1 Å². The van der Waals surface area contributed by atoms with Gasteiger partial charge in [0.15, 0.2) is 11.5 Å². The van der Waals surface area contributed by atoms with Crippen LogP contribution < -0.4 is 20.1 Å². The zero-order valence-electron chi connectivity index (χ0n) is 14.2. The molecule has 0 radical (unpaired) electrons. The molecule has 0 atom stereocenters. The van der Waals surface area contributed by atoms with Crippen LogP contribution in [-0.4, -0.2) is 25.0 Å². The van der Waals surface area contributed by atoms with Crippen molar-refractivity contribution in [1.82, 2.24) is 0 Å².